The van der Waals surface area contributed by atoms with Gasteiger partial charge in [0.05, 0.1) is 30.1 Å². The van der Waals surface area contributed by atoms with E-state index in [4.69, 9.17) is 13.9 Å². The van der Waals surface area contributed by atoms with Crippen molar-refractivity contribution in [2.24, 2.45) is 0 Å². The van der Waals surface area contributed by atoms with Gasteiger partial charge in [0.1, 0.15) is 5.60 Å². The fourth-order valence-electron chi connectivity index (χ4n) is 4.51. The van der Waals surface area contributed by atoms with Gasteiger partial charge in [-0.1, -0.05) is 42.5 Å². The molecule has 10 nitrogen and oxygen atoms in total. The van der Waals surface area contributed by atoms with Crippen LogP contribution >= 0.6 is 0 Å². The van der Waals surface area contributed by atoms with E-state index in [1.165, 1.54) is 32.9 Å². The van der Waals surface area contributed by atoms with Crippen LogP contribution in [-0.2, 0) is 39.2 Å². The van der Waals surface area contributed by atoms with Crippen LogP contribution in [0.4, 0.5) is 36.8 Å². The number of fused-ring (bicyclic) bond motifs is 5. The molecule has 4 bridgehead atoms. The number of carbonyl (C=O) groups is 2. The second-order valence-corrected chi connectivity index (χ2v) is 11.4. The second kappa shape index (κ2) is 13.1. The minimum atomic E-state index is -5.13. The monoisotopic (exact) mass is 655 g/mol. The smallest absolute Gasteiger partial charge is 0.426 e. The van der Waals surface area contributed by atoms with Gasteiger partial charge in [-0.2, -0.15) is 26.3 Å². The Hall–Kier alpha value is -4.47. The van der Waals surface area contributed by atoms with Gasteiger partial charge in [0.25, 0.3) is 11.8 Å². The van der Waals surface area contributed by atoms with Gasteiger partial charge < -0.3 is 18.8 Å². The van der Waals surface area contributed by atoms with Crippen molar-refractivity contribution in [2.45, 2.75) is 77.2 Å². The number of hydrogen-bond donors (Lipinski definition) is 1. The Morgan fingerprint density at radius 2 is 1.74 bits per heavy atom. The summed E-state index contributed by atoms with van der Waals surface area (Å²) in [6, 6.07) is 8.55. The van der Waals surface area contributed by atoms with Crippen molar-refractivity contribution in [1.29, 1.82) is 0 Å². The maximum atomic E-state index is 15.0. The fraction of sp³-hybridized carbons (Fsp3) is 0.433. The zero-order valence-corrected chi connectivity index (χ0v) is 25.3. The second-order valence-electron chi connectivity index (χ2n) is 11.4. The predicted octanol–water partition coefficient (Wildman–Crippen LogP) is 7.17. The number of pyridine rings is 1. The molecule has 0 saturated heterocycles. The highest BCUT2D eigenvalue weighted by Gasteiger charge is 2.61. The van der Waals surface area contributed by atoms with E-state index in [1.807, 2.05) is 0 Å². The summed E-state index contributed by atoms with van der Waals surface area (Å²) >= 11 is 0. The van der Waals surface area contributed by atoms with Crippen LogP contribution in [0.15, 0.2) is 53.0 Å². The van der Waals surface area contributed by atoms with Crippen LogP contribution in [0.5, 0.6) is 0 Å². The van der Waals surface area contributed by atoms with Gasteiger partial charge in [0, 0.05) is 19.9 Å². The molecule has 248 valence electrons. The van der Waals surface area contributed by atoms with E-state index in [1.54, 1.807) is 30.3 Å². The summed E-state index contributed by atoms with van der Waals surface area (Å²) in [4.78, 5) is 30.1. The van der Waals surface area contributed by atoms with E-state index in [0.717, 1.165) is 11.8 Å². The Bertz CT molecular complexity index is 1580. The zero-order valence-electron chi connectivity index (χ0n) is 25.3. The van der Waals surface area contributed by atoms with Gasteiger partial charge in [-0.3, -0.25) is 10.1 Å². The van der Waals surface area contributed by atoms with Crippen LogP contribution in [-0.4, -0.2) is 50.4 Å². The van der Waals surface area contributed by atoms with E-state index in [9.17, 15) is 35.9 Å². The number of rotatable bonds is 4. The number of anilines is 1. The summed E-state index contributed by atoms with van der Waals surface area (Å²) in [6.07, 6.45) is -9.64. The van der Waals surface area contributed by atoms with Crippen molar-refractivity contribution < 1.29 is 49.8 Å². The van der Waals surface area contributed by atoms with Gasteiger partial charge in [-0.05, 0) is 38.8 Å². The lowest BCUT2D eigenvalue weighted by Crippen LogP contribution is -2.45. The molecule has 0 fully saturated rings. The largest absolute Gasteiger partial charge is 0.444 e. The van der Waals surface area contributed by atoms with Crippen LogP contribution in [0.2, 0.25) is 0 Å². The standard InChI is InChI=1S/C30H31F6N5O5/c1-18(42)41-14-10-6-9-13-28(30(34,35)36,44-17-19-11-7-5-8-12-19)25-40-39-24(45-25)23-21(38-26(43)46-27(2,3)4)15-20(29(31,32)33)22(16-41)37-23/h5-9,11-12,15H,10,13-14,16-17H2,1-4H3,(H,38,43)/b9-6-. The number of ether oxygens (including phenoxy) is 2. The van der Waals surface area contributed by atoms with Crippen LogP contribution in [0, 0.1) is 0 Å². The van der Waals surface area contributed by atoms with E-state index in [-0.39, 0.29) is 13.0 Å². The minimum Gasteiger partial charge on any atom is -0.444 e. The van der Waals surface area contributed by atoms with Gasteiger partial charge in [0.15, 0.2) is 5.69 Å². The van der Waals surface area contributed by atoms with Crippen molar-refractivity contribution in [2.75, 3.05) is 11.9 Å². The van der Waals surface area contributed by atoms with Crippen molar-refractivity contribution in [3.63, 3.8) is 0 Å². The molecular formula is C30H31F6N5O5. The number of carbonyl (C=O) groups excluding carboxylic acids is 2. The molecule has 1 aliphatic rings. The van der Waals surface area contributed by atoms with Crippen molar-refractivity contribution in [3.8, 4) is 11.6 Å². The average molecular weight is 656 g/mol. The number of halogens is 6. The zero-order chi connectivity index (χ0) is 33.9. The van der Waals surface area contributed by atoms with Crippen LogP contribution in [0.3, 0.4) is 0 Å². The van der Waals surface area contributed by atoms with Crippen molar-refractivity contribution in [3.05, 3.63) is 71.3 Å². The highest BCUT2D eigenvalue weighted by Crippen LogP contribution is 2.46. The van der Waals surface area contributed by atoms with Crippen LogP contribution in [0.1, 0.15) is 63.2 Å². The summed E-state index contributed by atoms with van der Waals surface area (Å²) in [7, 11) is 0. The maximum Gasteiger partial charge on any atom is 0.426 e. The number of aromatic nitrogens is 3. The molecule has 3 aromatic rings. The number of amides is 2. The van der Waals surface area contributed by atoms with Crippen molar-refractivity contribution in [1.82, 2.24) is 20.1 Å². The lowest BCUT2D eigenvalue weighted by Gasteiger charge is -2.32. The molecule has 0 saturated carbocycles. The maximum absolute atomic E-state index is 15.0. The van der Waals surface area contributed by atoms with Gasteiger partial charge in [0.2, 0.25) is 11.5 Å². The quantitative estimate of drug-likeness (QED) is 0.232. The number of hydrogen-bond acceptors (Lipinski definition) is 8. The highest BCUT2D eigenvalue weighted by atomic mass is 19.4. The molecule has 1 aliphatic heterocycles. The topological polar surface area (TPSA) is 120 Å². The summed E-state index contributed by atoms with van der Waals surface area (Å²) in [6.45, 7) is 4.41. The van der Waals surface area contributed by atoms with Crippen LogP contribution < -0.4 is 5.32 Å². The number of benzene rings is 1. The molecule has 2 aromatic heterocycles. The third kappa shape index (κ3) is 8.02. The Morgan fingerprint density at radius 3 is 2.35 bits per heavy atom. The van der Waals surface area contributed by atoms with E-state index >= 15 is 0 Å². The van der Waals surface area contributed by atoms with E-state index in [2.05, 4.69) is 20.5 Å². The third-order valence-corrected chi connectivity index (χ3v) is 6.73. The third-order valence-electron chi connectivity index (χ3n) is 6.73. The Balaban J connectivity index is 1.94. The molecule has 4 rings (SSSR count). The first-order valence-electron chi connectivity index (χ1n) is 14.0. The van der Waals surface area contributed by atoms with Gasteiger partial charge in [-0.15, -0.1) is 10.2 Å². The molecule has 0 aliphatic carbocycles. The molecule has 16 heteroatoms. The molecule has 2 amide bonds. The molecule has 46 heavy (non-hydrogen) atoms. The summed E-state index contributed by atoms with van der Waals surface area (Å²) in [5, 5.41) is 9.48. The predicted molar refractivity (Wildman–Crippen MR) is 151 cm³/mol. The lowest BCUT2D eigenvalue weighted by molar-refractivity contribution is -0.295. The SMILES string of the molecule is CC(=O)N1CC/C=C\CC(OCc2ccccc2)(C(F)(F)F)c2nnc(o2)-c2nc(c(C(F)(F)F)cc2NC(=O)OC(C)(C)C)C1. The first kappa shape index (κ1) is 34.4. The first-order chi connectivity index (χ1) is 21.4. The summed E-state index contributed by atoms with van der Waals surface area (Å²) in [5.41, 5.74) is -7.05. The molecule has 1 aromatic carbocycles. The first-order valence-corrected chi connectivity index (χ1v) is 14.0. The number of nitrogens with one attached hydrogen (secondary N) is 1. The highest BCUT2D eigenvalue weighted by molar-refractivity contribution is 5.89. The Kier molecular flexibility index (Phi) is 9.80. The summed E-state index contributed by atoms with van der Waals surface area (Å²) < 4.78 is 104. The molecule has 1 N–H and O–H groups in total. The summed E-state index contributed by atoms with van der Waals surface area (Å²) in [5.74, 6) is -2.39. The molecule has 3 heterocycles. The molecular weight excluding hydrogens is 624 g/mol. The molecule has 1 atom stereocenters. The molecule has 0 radical (unpaired) electrons. The normalized spacial score (nSPS) is 18.4. The number of nitrogens with zero attached hydrogens (tertiary/aromatic N) is 4. The van der Waals surface area contributed by atoms with Gasteiger partial charge >= 0.3 is 18.4 Å². The van der Waals surface area contributed by atoms with E-state index < -0.39 is 89.5 Å². The Labute approximate surface area is 259 Å². The number of alkyl halides is 6. The lowest BCUT2D eigenvalue weighted by atomic mass is 9.97. The average Bonchev–Trinajstić information content (AvgIpc) is 3.42. The Morgan fingerprint density at radius 1 is 1.04 bits per heavy atom. The molecule has 1 unspecified atom stereocenters. The van der Waals surface area contributed by atoms with E-state index in [0.29, 0.717) is 11.6 Å². The fourth-order valence-corrected chi connectivity index (χ4v) is 4.51. The minimum absolute atomic E-state index is 0.00617. The van der Waals surface area contributed by atoms with Crippen LogP contribution in [0.25, 0.3) is 11.6 Å². The van der Waals surface area contributed by atoms with Gasteiger partial charge in [-0.25, -0.2) is 9.78 Å². The molecule has 0 spiro atoms. The van der Waals surface area contributed by atoms with Crippen molar-refractivity contribution >= 4 is 17.7 Å².